The highest BCUT2D eigenvalue weighted by molar-refractivity contribution is 4.77. The molecule has 1 unspecified atom stereocenters. The number of hydrogen-bond donors (Lipinski definition) is 2. The molecule has 1 aliphatic heterocycles. The van der Waals surface area contributed by atoms with Crippen LogP contribution in [-0.2, 0) is 9.78 Å². The van der Waals surface area contributed by atoms with Gasteiger partial charge in [0, 0.05) is 0 Å². The van der Waals surface area contributed by atoms with E-state index >= 15 is 0 Å². The first kappa shape index (κ1) is 9.92. The molecule has 72 valence electrons. The predicted molar refractivity (Wildman–Crippen MR) is 42.4 cm³/mol. The molecule has 0 aromatic heterocycles. The number of hydrogen-bond acceptors (Lipinski definition) is 4. The lowest BCUT2D eigenvalue weighted by atomic mass is 9.97. The average Bonchev–Trinajstić information content (AvgIpc) is 2.03. The summed E-state index contributed by atoms with van der Waals surface area (Å²) in [5, 5.41) is 17.8. The molecule has 2 N–H and O–H groups in total. The van der Waals surface area contributed by atoms with Crippen LogP contribution in [0.25, 0.3) is 0 Å². The highest BCUT2D eigenvalue weighted by atomic mass is 17.2. The minimum atomic E-state index is -0.832. The Morgan fingerprint density at radius 3 is 2.67 bits per heavy atom. The maximum absolute atomic E-state index is 9.20. The van der Waals surface area contributed by atoms with Gasteiger partial charge in [-0.3, -0.25) is 0 Å². The molecule has 0 aromatic carbocycles. The molecular weight excluding hydrogens is 160 g/mol. The van der Waals surface area contributed by atoms with Crippen LogP contribution in [0.1, 0.15) is 26.7 Å². The molecule has 1 fully saturated rings. The summed E-state index contributed by atoms with van der Waals surface area (Å²) in [4.78, 5) is 9.97. The van der Waals surface area contributed by atoms with Crippen LogP contribution in [0.4, 0.5) is 0 Å². The minimum absolute atomic E-state index is 0.272. The standard InChI is InChI=1S/C8H16O4/c1-8(2)4-3-7(11-12-8)6(10)5-9/h6-7,9-10H,3-5H2,1-2H3/t6?,7-/m0/s1. The summed E-state index contributed by atoms with van der Waals surface area (Å²) in [5.41, 5.74) is -0.272. The van der Waals surface area contributed by atoms with Crippen molar-refractivity contribution >= 4 is 0 Å². The maximum atomic E-state index is 9.20. The van der Waals surface area contributed by atoms with Crippen LogP contribution < -0.4 is 0 Å². The topological polar surface area (TPSA) is 58.9 Å². The summed E-state index contributed by atoms with van der Waals surface area (Å²) < 4.78 is 0. The molecule has 1 aliphatic rings. The average molecular weight is 176 g/mol. The van der Waals surface area contributed by atoms with E-state index in [1.54, 1.807) is 0 Å². The number of aliphatic hydroxyl groups is 2. The van der Waals surface area contributed by atoms with Crippen LogP contribution in [0.3, 0.4) is 0 Å². The fourth-order valence-corrected chi connectivity index (χ4v) is 1.15. The fourth-order valence-electron chi connectivity index (χ4n) is 1.15. The molecule has 0 amide bonds. The van der Waals surface area contributed by atoms with Crippen LogP contribution in [0.2, 0.25) is 0 Å². The van der Waals surface area contributed by atoms with Crippen molar-refractivity contribution in [2.24, 2.45) is 0 Å². The van der Waals surface area contributed by atoms with E-state index in [1.807, 2.05) is 13.8 Å². The zero-order chi connectivity index (χ0) is 9.19. The van der Waals surface area contributed by atoms with Gasteiger partial charge in [-0.2, -0.15) is 0 Å². The van der Waals surface area contributed by atoms with E-state index < -0.39 is 6.10 Å². The second-order valence-electron chi connectivity index (χ2n) is 3.77. The van der Waals surface area contributed by atoms with Crippen LogP contribution >= 0.6 is 0 Å². The summed E-state index contributed by atoms with van der Waals surface area (Å²) in [5.74, 6) is 0. The monoisotopic (exact) mass is 176 g/mol. The molecule has 12 heavy (non-hydrogen) atoms. The van der Waals surface area contributed by atoms with Crippen molar-refractivity contribution in [3.63, 3.8) is 0 Å². The summed E-state index contributed by atoms with van der Waals surface area (Å²) in [6.07, 6.45) is 0.327. The quantitative estimate of drug-likeness (QED) is 0.591. The SMILES string of the molecule is CC1(C)CC[C@@H](C(O)CO)OO1. The number of rotatable bonds is 2. The molecule has 4 nitrogen and oxygen atoms in total. The normalized spacial score (nSPS) is 31.5. The molecule has 0 spiro atoms. The second kappa shape index (κ2) is 3.70. The Kier molecular flexibility index (Phi) is 3.06. The van der Waals surface area contributed by atoms with Crippen molar-refractivity contribution in [2.75, 3.05) is 6.61 Å². The Morgan fingerprint density at radius 1 is 1.58 bits per heavy atom. The molecule has 2 atom stereocenters. The highest BCUT2D eigenvalue weighted by Crippen LogP contribution is 2.26. The Labute approximate surface area is 72.0 Å². The first-order valence-electron chi connectivity index (χ1n) is 4.18. The van der Waals surface area contributed by atoms with E-state index in [4.69, 9.17) is 14.9 Å². The summed E-state index contributed by atoms with van der Waals surface area (Å²) in [7, 11) is 0. The van der Waals surface area contributed by atoms with E-state index in [-0.39, 0.29) is 18.3 Å². The lowest BCUT2D eigenvalue weighted by Gasteiger charge is -2.34. The van der Waals surface area contributed by atoms with Crippen LogP contribution in [0.15, 0.2) is 0 Å². The highest BCUT2D eigenvalue weighted by Gasteiger charge is 2.32. The van der Waals surface area contributed by atoms with E-state index in [9.17, 15) is 5.11 Å². The molecular formula is C8H16O4. The molecule has 1 rings (SSSR count). The van der Waals surface area contributed by atoms with Gasteiger partial charge in [-0.1, -0.05) is 0 Å². The van der Waals surface area contributed by atoms with Crippen molar-refractivity contribution < 1.29 is 20.0 Å². The van der Waals surface area contributed by atoms with Gasteiger partial charge in [0.15, 0.2) is 0 Å². The molecule has 1 saturated heterocycles. The third-order valence-corrected chi connectivity index (χ3v) is 2.04. The lowest BCUT2D eigenvalue weighted by Crippen LogP contribution is -2.41. The molecule has 1 heterocycles. The van der Waals surface area contributed by atoms with E-state index in [2.05, 4.69) is 0 Å². The summed E-state index contributed by atoms with van der Waals surface area (Å²) in [6, 6.07) is 0. The summed E-state index contributed by atoms with van der Waals surface area (Å²) in [6.45, 7) is 3.57. The largest absolute Gasteiger partial charge is 0.394 e. The Bertz CT molecular complexity index is 136. The predicted octanol–water partition coefficient (Wildman–Crippen LogP) is 0.229. The van der Waals surface area contributed by atoms with Gasteiger partial charge in [-0.15, -0.1) is 0 Å². The van der Waals surface area contributed by atoms with Gasteiger partial charge in [0.2, 0.25) is 0 Å². The Hall–Kier alpha value is -0.160. The van der Waals surface area contributed by atoms with Crippen LogP contribution in [-0.4, -0.2) is 34.6 Å². The zero-order valence-corrected chi connectivity index (χ0v) is 7.49. The number of aliphatic hydroxyl groups excluding tert-OH is 2. The first-order chi connectivity index (χ1) is 5.55. The molecule has 0 aromatic rings. The van der Waals surface area contributed by atoms with E-state index in [0.29, 0.717) is 6.42 Å². The van der Waals surface area contributed by atoms with Gasteiger partial charge >= 0.3 is 0 Å². The smallest absolute Gasteiger partial charge is 0.121 e. The van der Waals surface area contributed by atoms with Crippen molar-refractivity contribution in [3.8, 4) is 0 Å². The second-order valence-corrected chi connectivity index (χ2v) is 3.77. The fraction of sp³-hybridized carbons (Fsp3) is 1.00. The van der Waals surface area contributed by atoms with Crippen molar-refractivity contribution in [1.29, 1.82) is 0 Å². The van der Waals surface area contributed by atoms with E-state index in [0.717, 1.165) is 6.42 Å². The minimum Gasteiger partial charge on any atom is -0.394 e. The van der Waals surface area contributed by atoms with Gasteiger partial charge in [0.1, 0.15) is 12.2 Å². The molecule has 0 saturated carbocycles. The van der Waals surface area contributed by atoms with Crippen molar-refractivity contribution in [2.45, 2.75) is 44.5 Å². The third kappa shape index (κ3) is 2.42. The van der Waals surface area contributed by atoms with Gasteiger partial charge < -0.3 is 10.2 Å². The Morgan fingerprint density at radius 2 is 2.25 bits per heavy atom. The zero-order valence-electron chi connectivity index (χ0n) is 7.49. The third-order valence-electron chi connectivity index (χ3n) is 2.04. The molecule has 0 radical (unpaired) electrons. The molecule has 0 aliphatic carbocycles. The van der Waals surface area contributed by atoms with Gasteiger partial charge in [-0.25, -0.2) is 9.78 Å². The van der Waals surface area contributed by atoms with Gasteiger partial charge in [0.05, 0.1) is 12.2 Å². The van der Waals surface area contributed by atoms with Gasteiger partial charge in [-0.05, 0) is 26.7 Å². The molecule has 4 heteroatoms. The van der Waals surface area contributed by atoms with Crippen LogP contribution in [0.5, 0.6) is 0 Å². The summed E-state index contributed by atoms with van der Waals surface area (Å²) >= 11 is 0. The van der Waals surface area contributed by atoms with Crippen molar-refractivity contribution in [1.82, 2.24) is 0 Å². The van der Waals surface area contributed by atoms with Crippen LogP contribution in [0, 0.1) is 0 Å². The lowest BCUT2D eigenvalue weighted by molar-refractivity contribution is -0.411. The maximum Gasteiger partial charge on any atom is 0.121 e. The first-order valence-corrected chi connectivity index (χ1v) is 4.18. The Balaban J connectivity index is 2.36. The van der Waals surface area contributed by atoms with E-state index in [1.165, 1.54) is 0 Å². The van der Waals surface area contributed by atoms with Crippen molar-refractivity contribution in [3.05, 3.63) is 0 Å². The van der Waals surface area contributed by atoms with Gasteiger partial charge in [0.25, 0.3) is 0 Å². The molecule has 0 bridgehead atoms.